The van der Waals surface area contributed by atoms with Crippen LogP contribution in [0.4, 0.5) is 26.3 Å². The standard InChI is InChI=1S/C8H5BrF6N2O/c9-4-3(1-16)2-17-6(7(10,11)12)5(4)18-8(13,14)15/h2H,1,16H2. The van der Waals surface area contributed by atoms with E-state index in [-0.39, 0.29) is 12.1 Å². The van der Waals surface area contributed by atoms with Crippen LogP contribution in [-0.4, -0.2) is 11.3 Å². The lowest BCUT2D eigenvalue weighted by Gasteiger charge is -2.17. The summed E-state index contributed by atoms with van der Waals surface area (Å²) in [6.07, 6.45) is -9.61. The first kappa shape index (κ1) is 15.0. The molecular formula is C8H5BrF6N2O. The number of rotatable bonds is 2. The number of hydrogen-bond donors (Lipinski definition) is 1. The molecule has 0 saturated heterocycles. The van der Waals surface area contributed by atoms with Crippen molar-refractivity contribution in [1.29, 1.82) is 0 Å². The molecule has 2 N–H and O–H groups in total. The molecule has 3 nitrogen and oxygen atoms in total. The van der Waals surface area contributed by atoms with Crippen LogP contribution in [0.2, 0.25) is 0 Å². The molecule has 0 aromatic carbocycles. The lowest BCUT2D eigenvalue weighted by atomic mass is 10.2. The molecule has 10 heteroatoms. The van der Waals surface area contributed by atoms with Gasteiger partial charge in [-0.1, -0.05) is 0 Å². The highest BCUT2D eigenvalue weighted by Crippen LogP contribution is 2.42. The van der Waals surface area contributed by atoms with Crippen LogP contribution in [0.3, 0.4) is 0 Å². The zero-order chi connectivity index (χ0) is 14.1. The zero-order valence-corrected chi connectivity index (χ0v) is 9.95. The topological polar surface area (TPSA) is 48.1 Å². The number of pyridine rings is 1. The first-order chi connectivity index (χ1) is 8.06. The fourth-order valence-corrected chi connectivity index (χ4v) is 1.59. The van der Waals surface area contributed by atoms with Crippen molar-refractivity contribution in [3.8, 4) is 5.75 Å². The lowest BCUT2D eigenvalue weighted by Crippen LogP contribution is -2.22. The molecule has 1 aromatic rings. The van der Waals surface area contributed by atoms with Gasteiger partial charge < -0.3 is 10.5 Å². The second kappa shape index (κ2) is 4.92. The molecule has 0 aliphatic heterocycles. The van der Waals surface area contributed by atoms with Crippen molar-refractivity contribution in [2.45, 2.75) is 19.1 Å². The van der Waals surface area contributed by atoms with Gasteiger partial charge in [0.25, 0.3) is 0 Å². The van der Waals surface area contributed by atoms with Gasteiger partial charge in [-0.15, -0.1) is 13.2 Å². The van der Waals surface area contributed by atoms with Crippen molar-refractivity contribution in [2.75, 3.05) is 0 Å². The molecule has 1 heterocycles. The van der Waals surface area contributed by atoms with Crippen molar-refractivity contribution in [2.24, 2.45) is 5.73 Å². The number of aromatic nitrogens is 1. The monoisotopic (exact) mass is 338 g/mol. The van der Waals surface area contributed by atoms with Crippen LogP contribution in [-0.2, 0) is 12.7 Å². The van der Waals surface area contributed by atoms with Gasteiger partial charge in [-0.3, -0.25) is 0 Å². The van der Waals surface area contributed by atoms with Crippen molar-refractivity contribution in [3.05, 3.63) is 21.9 Å². The molecule has 18 heavy (non-hydrogen) atoms. The zero-order valence-electron chi connectivity index (χ0n) is 8.36. The molecule has 0 saturated carbocycles. The van der Waals surface area contributed by atoms with Gasteiger partial charge in [0.1, 0.15) is 0 Å². The largest absolute Gasteiger partial charge is 0.573 e. The summed E-state index contributed by atoms with van der Waals surface area (Å²) < 4.78 is 76.4. The fourth-order valence-electron chi connectivity index (χ4n) is 1.06. The highest BCUT2D eigenvalue weighted by Gasteiger charge is 2.42. The SMILES string of the molecule is NCc1cnc(C(F)(F)F)c(OC(F)(F)F)c1Br. The number of nitrogens with zero attached hydrogens (tertiary/aromatic N) is 1. The van der Waals surface area contributed by atoms with Gasteiger partial charge >= 0.3 is 12.5 Å². The average molecular weight is 339 g/mol. The predicted octanol–water partition coefficient (Wildman–Crippen LogP) is 3.22. The first-order valence-electron chi connectivity index (χ1n) is 4.26. The van der Waals surface area contributed by atoms with Crippen LogP contribution >= 0.6 is 15.9 Å². The van der Waals surface area contributed by atoms with E-state index < -0.39 is 28.5 Å². The summed E-state index contributed by atoms with van der Waals surface area (Å²) in [6.45, 7) is -0.292. The maximum absolute atomic E-state index is 12.5. The Morgan fingerprint density at radius 3 is 2.17 bits per heavy atom. The normalized spacial score (nSPS) is 12.7. The minimum Gasteiger partial charge on any atom is -0.402 e. The van der Waals surface area contributed by atoms with E-state index in [1.807, 2.05) is 0 Å². The van der Waals surface area contributed by atoms with Crippen LogP contribution in [0.25, 0.3) is 0 Å². The molecule has 0 bridgehead atoms. The van der Waals surface area contributed by atoms with Gasteiger partial charge in [-0.2, -0.15) is 13.2 Å². The summed E-state index contributed by atoms with van der Waals surface area (Å²) in [5.41, 5.74) is 3.34. The number of hydrogen-bond acceptors (Lipinski definition) is 3. The Kier molecular flexibility index (Phi) is 4.11. The van der Waals surface area contributed by atoms with Crippen molar-refractivity contribution >= 4 is 15.9 Å². The van der Waals surface area contributed by atoms with E-state index in [0.29, 0.717) is 0 Å². The fraction of sp³-hybridized carbons (Fsp3) is 0.375. The lowest BCUT2D eigenvalue weighted by molar-refractivity contribution is -0.276. The number of alkyl halides is 6. The van der Waals surface area contributed by atoms with Crippen LogP contribution in [0.15, 0.2) is 10.7 Å². The van der Waals surface area contributed by atoms with Crippen molar-refractivity contribution in [1.82, 2.24) is 4.98 Å². The second-order valence-corrected chi connectivity index (χ2v) is 3.82. The van der Waals surface area contributed by atoms with Gasteiger partial charge in [-0.05, 0) is 15.9 Å². The Morgan fingerprint density at radius 1 is 1.22 bits per heavy atom. The molecule has 0 aliphatic rings. The molecule has 0 radical (unpaired) electrons. The van der Waals surface area contributed by atoms with E-state index in [1.54, 1.807) is 0 Å². The number of halogens is 7. The highest BCUT2D eigenvalue weighted by atomic mass is 79.9. The Morgan fingerprint density at radius 2 is 1.78 bits per heavy atom. The summed E-state index contributed by atoms with van der Waals surface area (Å²) >= 11 is 2.59. The summed E-state index contributed by atoms with van der Waals surface area (Å²) in [5.74, 6) is -1.45. The van der Waals surface area contributed by atoms with E-state index in [9.17, 15) is 26.3 Å². The number of nitrogens with two attached hydrogens (primary N) is 1. The van der Waals surface area contributed by atoms with Gasteiger partial charge in [0.2, 0.25) is 0 Å². The molecule has 0 fully saturated rings. The van der Waals surface area contributed by atoms with Gasteiger partial charge in [0, 0.05) is 18.3 Å². The third kappa shape index (κ3) is 3.48. The molecule has 102 valence electrons. The molecule has 0 amide bonds. The summed E-state index contributed by atoms with van der Waals surface area (Å²) in [5, 5.41) is 0. The Hall–Kier alpha value is -1.03. The highest BCUT2D eigenvalue weighted by molar-refractivity contribution is 9.10. The average Bonchev–Trinajstić information content (AvgIpc) is 2.17. The third-order valence-corrected chi connectivity index (χ3v) is 2.62. The molecule has 0 atom stereocenters. The molecule has 1 aromatic heterocycles. The summed E-state index contributed by atoms with van der Waals surface area (Å²) in [4.78, 5) is 2.91. The van der Waals surface area contributed by atoms with E-state index in [4.69, 9.17) is 5.73 Å². The van der Waals surface area contributed by atoms with Gasteiger partial charge in [0.15, 0.2) is 11.4 Å². The maximum atomic E-state index is 12.5. The smallest absolute Gasteiger partial charge is 0.402 e. The van der Waals surface area contributed by atoms with Gasteiger partial charge in [0.05, 0.1) is 4.47 Å². The first-order valence-corrected chi connectivity index (χ1v) is 5.06. The van der Waals surface area contributed by atoms with E-state index in [0.717, 1.165) is 6.20 Å². The summed E-state index contributed by atoms with van der Waals surface area (Å²) in [7, 11) is 0. The van der Waals surface area contributed by atoms with Crippen LogP contribution in [0.5, 0.6) is 5.75 Å². The van der Waals surface area contributed by atoms with Crippen molar-refractivity contribution < 1.29 is 31.1 Å². The van der Waals surface area contributed by atoms with Gasteiger partial charge in [-0.25, -0.2) is 4.98 Å². The predicted molar refractivity (Wildman–Crippen MR) is 51.5 cm³/mol. The van der Waals surface area contributed by atoms with Crippen molar-refractivity contribution in [3.63, 3.8) is 0 Å². The number of ether oxygens (including phenoxy) is 1. The van der Waals surface area contributed by atoms with Crippen LogP contribution in [0, 0.1) is 0 Å². The van der Waals surface area contributed by atoms with E-state index in [2.05, 4.69) is 25.7 Å². The maximum Gasteiger partial charge on any atom is 0.573 e. The second-order valence-electron chi connectivity index (χ2n) is 3.02. The quantitative estimate of drug-likeness (QED) is 0.842. The Labute approximate surface area is 105 Å². The van der Waals surface area contributed by atoms with E-state index >= 15 is 0 Å². The minimum absolute atomic E-state index is 0.0396. The Balaban J connectivity index is 3.41. The molecule has 0 unspecified atom stereocenters. The minimum atomic E-state index is -5.27. The van der Waals surface area contributed by atoms with Crippen LogP contribution < -0.4 is 10.5 Å². The molecular weight excluding hydrogens is 334 g/mol. The molecule has 0 aliphatic carbocycles. The van der Waals surface area contributed by atoms with Crippen LogP contribution in [0.1, 0.15) is 11.3 Å². The Bertz CT molecular complexity index is 444. The third-order valence-electron chi connectivity index (χ3n) is 1.75. The summed E-state index contributed by atoms with van der Waals surface area (Å²) in [6, 6.07) is 0. The van der Waals surface area contributed by atoms with E-state index in [1.165, 1.54) is 0 Å². The molecule has 1 rings (SSSR count). The molecule has 0 spiro atoms.